The summed E-state index contributed by atoms with van der Waals surface area (Å²) in [6.07, 6.45) is 2.72. The first-order valence-electron chi connectivity index (χ1n) is 7.58. The van der Waals surface area contributed by atoms with E-state index in [1.807, 2.05) is 0 Å². The molecule has 0 fully saturated rings. The standard InChI is InChI=1S/C17H29NO/c1-5-11-18-16(6-2)17(19)15-9-7-14(8-10-15)12-13(3)4/h7-10,13,16-19H,5-6,11-12H2,1-4H3. The van der Waals surface area contributed by atoms with E-state index in [4.69, 9.17) is 0 Å². The van der Waals surface area contributed by atoms with Crippen molar-refractivity contribution >= 4 is 0 Å². The number of hydrogen-bond acceptors (Lipinski definition) is 2. The molecule has 0 bridgehead atoms. The van der Waals surface area contributed by atoms with Crippen molar-refractivity contribution in [2.24, 2.45) is 5.92 Å². The van der Waals surface area contributed by atoms with Crippen LogP contribution in [-0.4, -0.2) is 17.7 Å². The van der Waals surface area contributed by atoms with Crippen molar-refractivity contribution in [2.45, 2.75) is 59.1 Å². The van der Waals surface area contributed by atoms with Gasteiger partial charge in [0.25, 0.3) is 0 Å². The first kappa shape index (κ1) is 16.2. The van der Waals surface area contributed by atoms with Gasteiger partial charge in [0, 0.05) is 6.04 Å². The van der Waals surface area contributed by atoms with E-state index in [1.165, 1.54) is 5.56 Å². The van der Waals surface area contributed by atoms with Gasteiger partial charge in [0.05, 0.1) is 6.10 Å². The van der Waals surface area contributed by atoms with E-state index in [9.17, 15) is 5.11 Å². The Morgan fingerprint density at radius 1 is 1.11 bits per heavy atom. The molecule has 0 saturated heterocycles. The molecule has 19 heavy (non-hydrogen) atoms. The lowest BCUT2D eigenvalue weighted by Gasteiger charge is -2.23. The minimum absolute atomic E-state index is 0.149. The molecular weight excluding hydrogens is 234 g/mol. The Kier molecular flexibility index (Phi) is 7.11. The summed E-state index contributed by atoms with van der Waals surface area (Å²) >= 11 is 0. The van der Waals surface area contributed by atoms with Crippen LogP contribution < -0.4 is 5.32 Å². The maximum atomic E-state index is 10.4. The molecule has 2 unspecified atom stereocenters. The first-order chi connectivity index (χ1) is 9.08. The molecule has 0 aromatic heterocycles. The average molecular weight is 263 g/mol. The summed E-state index contributed by atoms with van der Waals surface area (Å²) in [6.45, 7) is 9.67. The first-order valence-corrected chi connectivity index (χ1v) is 7.58. The Balaban J connectivity index is 2.67. The van der Waals surface area contributed by atoms with Gasteiger partial charge in [0.2, 0.25) is 0 Å². The predicted octanol–water partition coefficient (Wildman–Crippen LogP) is 3.70. The van der Waals surface area contributed by atoms with E-state index in [0.29, 0.717) is 5.92 Å². The molecule has 0 heterocycles. The maximum Gasteiger partial charge on any atom is 0.0942 e. The normalized spacial score (nSPS) is 14.6. The molecule has 2 atom stereocenters. The highest BCUT2D eigenvalue weighted by atomic mass is 16.3. The van der Waals surface area contributed by atoms with Gasteiger partial charge in [-0.2, -0.15) is 0 Å². The van der Waals surface area contributed by atoms with Crippen LogP contribution in [0.15, 0.2) is 24.3 Å². The second-order valence-electron chi connectivity index (χ2n) is 5.75. The zero-order valence-corrected chi connectivity index (χ0v) is 12.8. The fourth-order valence-corrected chi connectivity index (χ4v) is 2.36. The number of nitrogens with one attached hydrogen (secondary N) is 1. The topological polar surface area (TPSA) is 32.3 Å². The zero-order valence-electron chi connectivity index (χ0n) is 12.8. The van der Waals surface area contributed by atoms with Crippen molar-refractivity contribution in [1.82, 2.24) is 5.32 Å². The Morgan fingerprint density at radius 3 is 2.21 bits per heavy atom. The Bertz CT molecular complexity index is 345. The molecule has 0 spiro atoms. The number of hydrogen-bond donors (Lipinski definition) is 2. The molecule has 0 amide bonds. The van der Waals surface area contributed by atoms with Crippen LogP contribution in [-0.2, 0) is 6.42 Å². The van der Waals surface area contributed by atoms with E-state index in [1.54, 1.807) is 0 Å². The van der Waals surface area contributed by atoms with Crippen LogP contribution in [0.3, 0.4) is 0 Å². The lowest BCUT2D eigenvalue weighted by atomic mass is 9.96. The van der Waals surface area contributed by atoms with Gasteiger partial charge in [-0.3, -0.25) is 0 Å². The lowest BCUT2D eigenvalue weighted by molar-refractivity contribution is 0.126. The molecule has 2 heteroatoms. The molecule has 1 rings (SSSR count). The highest BCUT2D eigenvalue weighted by Crippen LogP contribution is 2.20. The van der Waals surface area contributed by atoms with Gasteiger partial charge in [0.1, 0.15) is 0 Å². The van der Waals surface area contributed by atoms with Crippen LogP contribution in [0.1, 0.15) is 57.8 Å². The molecule has 1 aromatic carbocycles. The smallest absolute Gasteiger partial charge is 0.0942 e. The van der Waals surface area contributed by atoms with Crippen molar-refractivity contribution < 1.29 is 5.11 Å². The Morgan fingerprint density at radius 2 is 1.74 bits per heavy atom. The summed E-state index contributed by atoms with van der Waals surface area (Å²) in [7, 11) is 0. The highest BCUT2D eigenvalue weighted by Gasteiger charge is 2.18. The van der Waals surface area contributed by atoms with Crippen LogP contribution in [0, 0.1) is 5.92 Å². The predicted molar refractivity (Wildman–Crippen MR) is 82.3 cm³/mol. The van der Waals surface area contributed by atoms with Gasteiger partial charge in [-0.15, -0.1) is 0 Å². The molecule has 0 aliphatic rings. The van der Waals surface area contributed by atoms with Crippen molar-refractivity contribution in [3.8, 4) is 0 Å². The van der Waals surface area contributed by atoms with E-state index in [0.717, 1.165) is 31.4 Å². The zero-order chi connectivity index (χ0) is 14.3. The van der Waals surface area contributed by atoms with Gasteiger partial charge in [-0.05, 0) is 42.9 Å². The Hall–Kier alpha value is -0.860. The van der Waals surface area contributed by atoms with E-state index in [2.05, 4.69) is 57.3 Å². The monoisotopic (exact) mass is 263 g/mol. The molecule has 1 aromatic rings. The van der Waals surface area contributed by atoms with E-state index >= 15 is 0 Å². The third kappa shape index (κ3) is 5.33. The highest BCUT2D eigenvalue weighted by molar-refractivity contribution is 5.25. The fraction of sp³-hybridized carbons (Fsp3) is 0.647. The summed E-state index contributed by atoms with van der Waals surface area (Å²) in [5, 5.41) is 13.8. The van der Waals surface area contributed by atoms with Gasteiger partial charge in [-0.25, -0.2) is 0 Å². The fourth-order valence-electron chi connectivity index (χ4n) is 2.36. The quantitative estimate of drug-likeness (QED) is 0.749. The number of aliphatic hydroxyl groups excluding tert-OH is 1. The summed E-state index contributed by atoms with van der Waals surface area (Å²) in [5.41, 5.74) is 2.36. The van der Waals surface area contributed by atoms with Crippen LogP contribution >= 0.6 is 0 Å². The minimum Gasteiger partial charge on any atom is -0.387 e. The van der Waals surface area contributed by atoms with Gasteiger partial charge >= 0.3 is 0 Å². The molecule has 2 N–H and O–H groups in total. The lowest BCUT2D eigenvalue weighted by Crippen LogP contribution is -2.34. The number of benzene rings is 1. The third-order valence-electron chi connectivity index (χ3n) is 3.44. The molecular formula is C17H29NO. The van der Waals surface area contributed by atoms with Crippen LogP contribution in [0.5, 0.6) is 0 Å². The molecule has 0 aliphatic heterocycles. The van der Waals surface area contributed by atoms with Gasteiger partial charge in [-0.1, -0.05) is 52.0 Å². The molecule has 0 radical (unpaired) electrons. The second kappa shape index (κ2) is 8.34. The Labute approximate surface area is 118 Å². The van der Waals surface area contributed by atoms with E-state index < -0.39 is 6.10 Å². The molecule has 108 valence electrons. The summed E-state index contributed by atoms with van der Waals surface area (Å²) in [6, 6.07) is 8.57. The molecule has 0 aliphatic carbocycles. The van der Waals surface area contributed by atoms with E-state index in [-0.39, 0.29) is 6.04 Å². The number of rotatable bonds is 8. The van der Waals surface area contributed by atoms with Crippen LogP contribution in [0.2, 0.25) is 0 Å². The van der Waals surface area contributed by atoms with Crippen molar-refractivity contribution in [3.63, 3.8) is 0 Å². The van der Waals surface area contributed by atoms with Crippen LogP contribution in [0.4, 0.5) is 0 Å². The summed E-state index contributed by atoms with van der Waals surface area (Å²) < 4.78 is 0. The van der Waals surface area contributed by atoms with Crippen molar-refractivity contribution in [2.75, 3.05) is 6.54 Å². The van der Waals surface area contributed by atoms with Crippen molar-refractivity contribution in [3.05, 3.63) is 35.4 Å². The van der Waals surface area contributed by atoms with Crippen LogP contribution in [0.25, 0.3) is 0 Å². The average Bonchev–Trinajstić information content (AvgIpc) is 2.39. The molecule has 0 saturated carbocycles. The minimum atomic E-state index is -0.412. The molecule has 2 nitrogen and oxygen atoms in total. The summed E-state index contributed by atoms with van der Waals surface area (Å²) in [4.78, 5) is 0. The second-order valence-corrected chi connectivity index (χ2v) is 5.75. The largest absolute Gasteiger partial charge is 0.387 e. The summed E-state index contributed by atoms with van der Waals surface area (Å²) in [5.74, 6) is 0.672. The number of aliphatic hydroxyl groups is 1. The van der Waals surface area contributed by atoms with Gasteiger partial charge in [0.15, 0.2) is 0 Å². The van der Waals surface area contributed by atoms with Gasteiger partial charge < -0.3 is 10.4 Å². The SMILES string of the molecule is CCCNC(CC)C(O)c1ccc(CC(C)C)cc1. The van der Waals surface area contributed by atoms with Crippen molar-refractivity contribution in [1.29, 1.82) is 0 Å². The maximum absolute atomic E-state index is 10.4. The third-order valence-corrected chi connectivity index (χ3v) is 3.44.